The highest BCUT2D eigenvalue weighted by atomic mass is 15.8. The Morgan fingerprint density at radius 2 is 0.603 bits per heavy atom. The lowest BCUT2D eigenvalue weighted by Crippen LogP contribution is -3.62. The lowest BCUT2D eigenvalue weighted by atomic mass is 8.39. The monoisotopic (exact) mass is 857 g/mol. The third kappa shape index (κ3) is 0.465. The summed E-state index contributed by atoms with van der Waals surface area (Å²) < 4.78 is 0. The molecule has 0 aromatic rings. The largest absolute Gasteiger partial charge is 0.324 e. The molecule has 0 aromatic heterocycles. The van der Waals surface area contributed by atoms with Gasteiger partial charge in [-0.15, -0.1) is 0 Å². The summed E-state index contributed by atoms with van der Waals surface area (Å²) in [5.41, 5.74) is 46.0. The van der Waals surface area contributed by atoms with Crippen LogP contribution in [0.3, 0.4) is 0 Å². The van der Waals surface area contributed by atoms with Crippen molar-refractivity contribution in [3.63, 3.8) is 0 Å². The number of hydrogen-bond acceptors (Lipinski definition) is 1. The van der Waals surface area contributed by atoms with Crippen LogP contribution in [-0.4, -0.2) is 5.54 Å². The number of nitrogens with two attached hydrogens (primary N) is 1. The Balaban J connectivity index is 0.773. The van der Waals surface area contributed by atoms with Gasteiger partial charge in [-0.25, -0.2) is 0 Å². The summed E-state index contributed by atoms with van der Waals surface area (Å²) in [6.45, 7) is 3.44. The number of rotatable bonds is 0. The Hall–Kier alpha value is -0.0400. The first-order valence-electron chi connectivity index (χ1n) is 33.4. The lowest BCUT2D eigenvalue weighted by molar-refractivity contribution is -1.19. The summed E-state index contributed by atoms with van der Waals surface area (Å²) in [4.78, 5) is 0. The zero-order valence-corrected chi connectivity index (χ0v) is 37.4. The third-order valence-corrected chi connectivity index (χ3v) is 59.8. The van der Waals surface area contributed by atoms with E-state index in [2.05, 4.69) is 6.92 Å². The molecule has 0 aromatic carbocycles. The van der Waals surface area contributed by atoms with Crippen molar-refractivity contribution in [1.29, 1.82) is 0 Å². The van der Waals surface area contributed by atoms with Gasteiger partial charge < -0.3 is 5.73 Å². The van der Waals surface area contributed by atoms with Gasteiger partial charge in [0.15, 0.2) is 0 Å². The van der Waals surface area contributed by atoms with Crippen LogP contribution >= 0.6 is 0 Å². The summed E-state index contributed by atoms with van der Waals surface area (Å²) >= 11 is 0. The molecule has 0 heterocycles. The quantitative estimate of drug-likeness (QED) is 0.383. The van der Waals surface area contributed by atoms with Crippen LogP contribution in [0.25, 0.3) is 0 Å². The molecule has 2 N–H and O–H groups in total. The maximum Gasteiger partial charge on any atom is 0.0329 e. The van der Waals surface area contributed by atoms with E-state index >= 15 is 0 Å². The maximum atomic E-state index is 9.76. The van der Waals surface area contributed by atoms with E-state index in [0.29, 0.717) is 5.54 Å². The summed E-state index contributed by atoms with van der Waals surface area (Å²) in [6.07, 6.45) is 7.39. The Morgan fingerprint density at radius 1 is 0.235 bits per heavy atom. The molecule has 49 aliphatic rings. The summed E-state index contributed by atoms with van der Waals surface area (Å²) in [6, 6.07) is 0. The SMILES string of the molecule is CC12C34C5CC3C3C6C7C8C9CC%10C%11C%12C%13C%14C%15CC%16C%17C%18C%19C%20C%21CC%22C%23C%24C%25C5C45C%254C%24%25C%23%24C%21%22C%20%21C%19(N)C%18%19C%18C%20%22C%17%19C%16%15C%14%20C%13%14C%12%13C%11%12C%109C89C78C67C31C25C71C23C5(C6C%21%24C%257C65C472)C%182C%22%14C%134C%129C81C243. The highest BCUT2D eigenvalue weighted by Gasteiger charge is 3.75. The normalized spacial score (nSPS) is 144. The first-order chi connectivity index (χ1) is 33.6. The molecule has 0 aliphatic heterocycles. The van der Waals surface area contributed by atoms with E-state index in [9.17, 15) is 5.73 Å². The van der Waals surface area contributed by atoms with Gasteiger partial charge in [-0.3, -0.25) is 0 Å². The second-order valence-electron chi connectivity index (χ2n) is 44.3. The highest BCUT2D eigenvalue weighted by molar-refractivity contribution is 6.19. The molecule has 49 rings (SSSR count). The van der Waals surface area contributed by atoms with Crippen molar-refractivity contribution in [3.8, 4) is 0 Å². The van der Waals surface area contributed by atoms with Crippen LogP contribution in [0.4, 0.5) is 0 Å². The Labute approximate surface area is 385 Å². The van der Waals surface area contributed by atoms with Gasteiger partial charge in [0.1, 0.15) is 0 Å². The summed E-state index contributed by atoms with van der Waals surface area (Å²) in [5, 5.41) is 0. The van der Waals surface area contributed by atoms with E-state index in [-0.39, 0.29) is 0 Å². The van der Waals surface area contributed by atoms with Gasteiger partial charge in [-0.05, 0) is 358 Å². The fourth-order valence-corrected chi connectivity index (χ4v) is 76.6. The highest BCUT2D eigenvalue weighted by Crippen LogP contribution is 3.76. The molecule has 62 unspecified atom stereocenters. The molecule has 0 amide bonds. The van der Waals surface area contributed by atoms with Crippen LogP contribution in [0.5, 0.6) is 0 Å². The molecule has 1 heteroatoms. The van der Waals surface area contributed by atoms with Gasteiger partial charge in [0.25, 0.3) is 0 Å². The van der Waals surface area contributed by atoms with Gasteiger partial charge in [-0.2, -0.15) is 0 Å². The average molecular weight is 858 g/mol. The molecule has 312 valence electrons. The van der Waals surface area contributed by atoms with Crippen LogP contribution < -0.4 is 5.73 Å². The molecule has 34 spiro atoms. The predicted molar refractivity (Wildman–Crippen MR) is 207 cm³/mol. The lowest BCUT2D eigenvalue weighted by Gasteiger charge is -3.63. The first-order valence-corrected chi connectivity index (χ1v) is 33.4. The fourth-order valence-electron chi connectivity index (χ4n) is 76.6. The third-order valence-electron chi connectivity index (χ3n) is 59.8. The summed E-state index contributed by atoms with van der Waals surface area (Å²) in [7, 11) is 0. The van der Waals surface area contributed by atoms with E-state index < -0.39 is 0 Å². The minimum Gasteiger partial charge on any atom is -0.324 e. The van der Waals surface area contributed by atoms with Crippen LogP contribution in [0.2, 0.25) is 0 Å². The Morgan fingerprint density at radius 3 is 1.26 bits per heavy atom. The summed E-state index contributed by atoms with van der Waals surface area (Å²) in [5.74, 6) is 34.8. The van der Waals surface area contributed by atoms with Crippen LogP contribution in [0.15, 0.2) is 0 Å². The molecule has 0 bridgehead atoms. The molecule has 49 saturated carbocycles. The van der Waals surface area contributed by atoms with Crippen molar-refractivity contribution in [2.24, 2.45) is 349 Å². The Bertz CT molecular complexity index is 4880. The standard InChI is InChI=1S/C67H39N/c1-32-33-6-2-7(33)18-26-24-17-10-4-13-21-29-22-14-8-3-9-16-25-28-20-12-5-11-19-27-23-15(6)38(32)46(23)50(27)44(19)36(11,12)45(20)51(28)48(25)40(16)34(8,9)39(14)37(22)30-52(39,40)60(48)55(30)54-31-53-41(17,35(10,13)42(21,53)57(29,37)68)47(24)49(26)43(18,33)58(32,38)63(46)65(50)61(44,45)64(51,60)67(55,65)66(54,63)62(49)56(31,54)59(47,53)62/h6-31H,2-5,68H2,1H3. The van der Waals surface area contributed by atoms with Crippen LogP contribution in [-0.2, 0) is 0 Å². The molecule has 68 heavy (non-hydrogen) atoms. The second-order valence-corrected chi connectivity index (χ2v) is 44.3. The van der Waals surface area contributed by atoms with E-state index in [1.54, 1.807) is 0 Å². The zero-order chi connectivity index (χ0) is 37.8. The minimum absolute atomic E-state index is 0.434. The van der Waals surface area contributed by atoms with Crippen molar-refractivity contribution in [3.05, 3.63) is 0 Å². The van der Waals surface area contributed by atoms with Gasteiger partial charge in [0, 0.05) is 16.4 Å². The molecule has 49 fully saturated rings. The van der Waals surface area contributed by atoms with E-state index in [1.165, 1.54) is 148 Å². The van der Waals surface area contributed by atoms with Gasteiger partial charge in [0.05, 0.1) is 0 Å². The topological polar surface area (TPSA) is 26.0 Å². The van der Waals surface area contributed by atoms with Gasteiger partial charge >= 0.3 is 0 Å². The number of hydrogen-bond donors (Lipinski definition) is 1. The molecular weight excluding hydrogens is 819 g/mol. The van der Waals surface area contributed by atoms with Crippen LogP contribution in [0, 0.1) is 343 Å². The molecule has 1 nitrogen and oxygen atoms in total. The molecule has 0 saturated heterocycles. The second kappa shape index (κ2) is 3.28. The fraction of sp³-hybridized carbons (Fsp3) is 1.00. The first kappa shape index (κ1) is 22.7. The molecule has 49 aliphatic carbocycles. The minimum atomic E-state index is 0.434. The van der Waals surface area contributed by atoms with Crippen molar-refractivity contribution in [2.75, 3.05) is 0 Å². The smallest absolute Gasteiger partial charge is 0.0329 e. The van der Waals surface area contributed by atoms with E-state index in [4.69, 9.17) is 0 Å². The van der Waals surface area contributed by atoms with Crippen molar-refractivity contribution >= 4 is 0 Å². The zero-order valence-electron chi connectivity index (χ0n) is 37.4. The average Bonchev–Trinajstić information content (AvgIpc) is 1.01. The van der Waals surface area contributed by atoms with Gasteiger partial charge in [0.2, 0.25) is 0 Å². The number of fused-ring (bicyclic) bond motifs is 20. The predicted octanol–water partition coefficient (Wildman–Crippen LogP) is 4.48. The van der Waals surface area contributed by atoms with Crippen molar-refractivity contribution < 1.29 is 0 Å². The van der Waals surface area contributed by atoms with E-state index in [0.717, 1.165) is 195 Å². The van der Waals surface area contributed by atoms with E-state index in [1.807, 2.05) is 25.7 Å². The molecular formula is C67H39N. The van der Waals surface area contributed by atoms with Crippen LogP contribution in [0.1, 0.15) is 32.6 Å². The maximum absolute atomic E-state index is 9.76. The Kier molecular flexibility index (Phi) is 1.09. The molecule has 0 radical (unpaired) electrons. The molecule has 62 atom stereocenters. The van der Waals surface area contributed by atoms with Gasteiger partial charge in [-0.1, -0.05) is 6.92 Å². The van der Waals surface area contributed by atoms with Crippen molar-refractivity contribution in [1.82, 2.24) is 0 Å². The van der Waals surface area contributed by atoms with Crippen molar-refractivity contribution in [2.45, 2.75) is 38.1 Å².